The summed E-state index contributed by atoms with van der Waals surface area (Å²) >= 11 is 6.15. The second kappa shape index (κ2) is 7.00. The molecule has 0 saturated carbocycles. The molecule has 3 aromatic rings. The van der Waals surface area contributed by atoms with E-state index in [2.05, 4.69) is 4.90 Å². The van der Waals surface area contributed by atoms with E-state index in [-0.39, 0.29) is 5.75 Å². The number of phenols is 1. The molecule has 1 heterocycles. The molecule has 0 fully saturated rings. The van der Waals surface area contributed by atoms with Gasteiger partial charge in [0.15, 0.2) is 0 Å². The van der Waals surface area contributed by atoms with Crippen LogP contribution >= 0.6 is 11.6 Å². The van der Waals surface area contributed by atoms with Crippen LogP contribution in [0.15, 0.2) is 72.8 Å². The molecule has 4 nitrogen and oxygen atoms in total. The van der Waals surface area contributed by atoms with E-state index in [1.165, 1.54) is 5.06 Å². The minimum Gasteiger partial charge on any atom is -0.508 e. The van der Waals surface area contributed by atoms with Gasteiger partial charge in [0.1, 0.15) is 11.9 Å². The largest absolute Gasteiger partial charge is 0.508 e. The Morgan fingerprint density at radius 1 is 0.962 bits per heavy atom. The Bertz CT molecular complexity index is 931. The monoisotopic (exact) mass is 366 g/mol. The molecule has 0 amide bonds. The van der Waals surface area contributed by atoms with Gasteiger partial charge < -0.3 is 15.2 Å². The van der Waals surface area contributed by atoms with Gasteiger partial charge in [0.2, 0.25) is 0 Å². The summed E-state index contributed by atoms with van der Waals surface area (Å²) < 4.78 is 0. The van der Waals surface area contributed by atoms with Crippen molar-refractivity contribution in [2.75, 3.05) is 4.90 Å². The maximum absolute atomic E-state index is 10.8. The van der Waals surface area contributed by atoms with Gasteiger partial charge in [0.05, 0.1) is 6.54 Å². The maximum atomic E-state index is 10.8. The summed E-state index contributed by atoms with van der Waals surface area (Å²) in [6.07, 6.45) is -0.495. The highest BCUT2D eigenvalue weighted by Crippen LogP contribution is 2.41. The second-order valence-electron chi connectivity index (χ2n) is 6.42. The van der Waals surface area contributed by atoms with E-state index < -0.39 is 6.17 Å². The molecule has 2 N–H and O–H groups in total. The molecule has 132 valence electrons. The first-order chi connectivity index (χ1) is 12.6. The number of phenolic OH excluding ortho intramolecular Hbond substituents is 1. The molecule has 0 radical (unpaired) electrons. The lowest BCUT2D eigenvalue weighted by atomic mass is 10.0. The van der Waals surface area contributed by atoms with Gasteiger partial charge in [-0.15, -0.1) is 0 Å². The fourth-order valence-electron chi connectivity index (χ4n) is 3.52. The molecule has 3 aromatic carbocycles. The lowest BCUT2D eigenvalue weighted by molar-refractivity contribution is -0.143. The summed E-state index contributed by atoms with van der Waals surface area (Å²) in [5.41, 5.74) is 3.75. The quantitative estimate of drug-likeness (QED) is 0.688. The number of benzene rings is 3. The second-order valence-corrected chi connectivity index (χ2v) is 6.85. The van der Waals surface area contributed by atoms with Crippen molar-refractivity contribution in [1.82, 2.24) is 5.06 Å². The average molecular weight is 367 g/mol. The fraction of sp³-hybridized carbons (Fsp3) is 0.143. The van der Waals surface area contributed by atoms with Crippen LogP contribution in [0.4, 0.5) is 5.69 Å². The summed E-state index contributed by atoms with van der Waals surface area (Å²) in [5.74, 6) is 0.159. The Hall–Kier alpha value is -2.53. The number of para-hydroxylation sites is 2. The number of hydrogen-bond donors (Lipinski definition) is 2. The van der Waals surface area contributed by atoms with Crippen molar-refractivity contribution in [3.05, 3.63) is 94.5 Å². The Kier molecular flexibility index (Phi) is 4.55. The average Bonchev–Trinajstić information content (AvgIpc) is 2.63. The summed E-state index contributed by atoms with van der Waals surface area (Å²) in [6.45, 7) is 0.939. The number of fused-ring (bicyclic) bond motifs is 1. The Morgan fingerprint density at radius 2 is 1.73 bits per heavy atom. The minimum absolute atomic E-state index is 0.159. The number of halogens is 1. The first-order valence-electron chi connectivity index (χ1n) is 8.46. The van der Waals surface area contributed by atoms with Crippen LogP contribution in [0.3, 0.4) is 0 Å². The van der Waals surface area contributed by atoms with Crippen LogP contribution in [0.25, 0.3) is 0 Å². The van der Waals surface area contributed by atoms with Gasteiger partial charge in [-0.2, -0.15) is 5.06 Å². The van der Waals surface area contributed by atoms with Gasteiger partial charge in [-0.1, -0.05) is 60.1 Å². The molecule has 0 aromatic heterocycles. The molecule has 0 saturated heterocycles. The van der Waals surface area contributed by atoms with Crippen molar-refractivity contribution in [3.8, 4) is 5.75 Å². The molecule has 0 bridgehead atoms. The van der Waals surface area contributed by atoms with E-state index in [4.69, 9.17) is 11.6 Å². The van der Waals surface area contributed by atoms with Crippen molar-refractivity contribution in [1.29, 1.82) is 0 Å². The summed E-state index contributed by atoms with van der Waals surface area (Å²) in [6, 6.07) is 22.8. The molecular weight excluding hydrogens is 348 g/mol. The normalized spacial score (nSPS) is 17.2. The molecule has 5 heteroatoms. The van der Waals surface area contributed by atoms with E-state index in [1.54, 1.807) is 12.1 Å². The van der Waals surface area contributed by atoms with Crippen LogP contribution in [0.5, 0.6) is 5.75 Å². The summed E-state index contributed by atoms with van der Waals surface area (Å²) in [4.78, 5) is 2.08. The maximum Gasteiger partial charge on any atom is 0.135 e. The van der Waals surface area contributed by atoms with Crippen molar-refractivity contribution in [2.45, 2.75) is 19.3 Å². The van der Waals surface area contributed by atoms with Gasteiger partial charge in [0, 0.05) is 22.8 Å². The van der Waals surface area contributed by atoms with Gasteiger partial charge in [-0.05, 0) is 35.4 Å². The molecule has 1 unspecified atom stereocenters. The van der Waals surface area contributed by atoms with Crippen molar-refractivity contribution < 1.29 is 10.3 Å². The van der Waals surface area contributed by atoms with Gasteiger partial charge >= 0.3 is 0 Å². The van der Waals surface area contributed by atoms with Gasteiger partial charge in [-0.25, -0.2) is 0 Å². The number of hydrogen-bond acceptors (Lipinski definition) is 4. The minimum atomic E-state index is -0.495. The molecule has 0 spiro atoms. The van der Waals surface area contributed by atoms with Crippen LogP contribution in [0.1, 0.15) is 22.9 Å². The summed E-state index contributed by atoms with van der Waals surface area (Å²) in [5, 5.41) is 23.1. The number of hydroxylamine groups is 2. The van der Waals surface area contributed by atoms with Crippen molar-refractivity contribution in [2.24, 2.45) is 0 Å². The predicted octanol–water partition coefficient (Wildman–Crippen LogP) is 4.96. The van der Waals surface area contributed by atoms with E-state index in [1.807, 2.05) is 60.7 Å². The van der Waals surface area contributed by atoms with E-state index in [0.717, 1.165) is 16.8 Å². The number of anilines is 1. The topological polar surface area (TPSA) is 46.9 Å². The molecular formula is C21H19ClN2O2. The molecule has 26 heavy (non-hydrogen) atoms. The zero-order valence-corrected chi connectivity index (χ0v) is 14.8. The molecule has 1 aliphatic rings. The number of aromatic hydroxyl groups is 1. The van der Waals surface area contributed by atoms with E-state index >= 15 is 0 Å². The van der Waals surface area contributed by atoms with Crippen molar-refractivity contribution >= 4 is 17.3 Å². The zero-order chi connectivity index (χ0) is 18.1. The van der Waals surface area contributed by atoms with Gasteiger partial charge in [0.25, 0.3) is 0 Å². The van der Waals surface area contributed by atoms with Gasteiger partial charge in [-0.3, -0.25) is 0 Å². The third-order valence-corrected chi connectivity index (χ3v) is 4.90. The number of rotatable bonds is 3. The molecule has 1 atom stereocenters. The standard InChI is InChI=1S/C21H19ClN2O2/c22-17-8-5-6-15(12-17)13-23-19-10-3-1-7-16(19)14-24(26)21(23)18-9-2-4-11-20(18)25/h1-12,21,25-26H,13-14H2. The third-order valence-electron chi connectivity index (χ3n) is 4.67. The Balaban J connectivity index is 1.82. The van der Waals surface area contributed by atoms with Crippen molar-refractivity contribution in [3.63, 3.8) is 0 Å². The van der Waals surface area contributed by atoms with Crippen LogP contribution in [-0.4, -0.2) is 15.4 Å². The van der Waals surface area contributed by atoms with Crippen LogP contribution in [-0.2, 0) is 13.1 Å². The lowest BCUT2D eigenvalue weighted by Gasteiger charge is -2.43. The Morgan fingerprint density at radius 3 is 2.54 bits per heavy atom. The first kappa shape index (κ1) is 16.9. The lowest BCUT2D eigenvalue weighted by Crippen LogP contribution is -2.43. The highest BCUT2D eigenvalue weighted by atomic mass is 35.5. The van der Waals surface area contributed by atoms with E-state index in [0.29, 0.717) is 23.7 Å². The van der Waals surface area contributed by atoms with Crippen LogP contribution in [0.2, 0.25) is 5.02 Å². The van der Waals surface area contributed by atoms with Crippen LogP contribution in [0, 0.1) is 0 Å². The zero-order valence-electron chi connectivity index (χ0n) is 14.1. The predicted molar refractivity (Wildman–Crippen MR) is 102 cm³/mol. The number of nitrogens with zero attached hydrogens (tertiary/aromatic N) is 2. The Labute approximate surface area is 157 Å². The smallest absolute Gasteiger partial charge is 0.135 e. The highest BCUT2D eigenvalue weighted by molar-refractivity contribution is 6.30. The summed E-state index contributed by atoms with van der Waals surface area (Å²) in [7, 11) is 0. The molecule has 0 aliphatic carbocycles. The molecule has 1 aliphatic heterocycles. The first-order valence-corrected chi connectivity index (χ1v) is 8.83. The third kappa shape index (κ3) is 3.15. The SMILES string of the molecule is Oc1ccccc1C1N(O)Cc2ccccc2N1Cc1cccc(Cl)c1. The highest BCUT2D eigenvalue weighted by Gasteiger charge is 2.34. The van der Waals surface area contributed by atoms with E-state index in [9.17, 15) is 10.3 Å². The fourth-order valence-corrected chi connectivity index (χ4v) is 3.73. The van der Waals surface area contributed by atoms with Crippen LogP contribution < -0.4 is 4.90 Å². The molecule has 4 rings (SSSR count).